The molecule has 0 bridgehead atoms. The summed E-state index contributed by atoms with van der Waals surface area (Å²) in [6.45, 7) is 4.15. The highest BCUT2D eigenvalue weighted by Gasteiger charge is 2.27. The quantitative estimate of drug-likeness (QED) is 0.754. The van der Waals surface area contributed by atoms with E-state index in [1.54, 1.807) is 32.4 Å². The molecule has 1 aromatic heterocycles. The Hall–Kier alpha value is -2.80. The maximum absolute atomic E-state index is 12.4. The molecule has 3 N–H and O–H groups in total. The Morgan fingerprint density at radius 1 is 1.19 bits per heavy atom. The Morgan fingerprint density at radius 3 is 2.65 bits per heavy atom. The number of aromatic amines is 1. The van der Waals surface area contributed by atoms with Crippen LogP contribution in [0.1, 0.15) is 0 Å². The van der Waals surface area contributed by atoms with Crippen LogP contribution in [0.25, 0.3) is 0 Å². The summed E-state index contributed by atoms with van der Waals surface area (Å²) in [4.78, 5) is 19.3. The first-order valence-corrected chi connectivity index (χ1v) is 8.76. The molecule has 0 aliphatic carbocycles. The smallest absolute Gasteiger partial charge is 0.279 e. The number of ether oxygens (including phenoxy) is 2. The van der Waals surface area contributed by atoms with Gasteiger partial charge in [-0.15, -0.1) is 0 Å². The number of benzene rings is 1. The highest BCUT2D eigenvalue weighted by Crippen LogP contribution is 2.28. The lowest BCUT2D eigenvalue weighted by Crippen LogP contribution is -3.15. The molecule has 1 saturated heterocycles. The lowest BCUT2D eigenvalue weighted by Gasteiger charge is -2.27. The van der Waals surface area contributed by atoms with E-state index in [2.05, 4.69) is 21.3 Å². The van der Waals surface area contributed by atoms with Crippen molar-refractivity contribution in [3.8, 4) is 11.5 Å². The molecule has 1 aliphatic heterocycles. The van der Waals surface area contributed by atoms with Gasteiger partial charge in [-0.05, 0) is 18.2 Å². The monoisotopic (exact) mass is 358 g/mol. The zero-order chi connectivity index (χ0) is 18.4. The van der Waals surface area contributed by atoms with Crippen molar-refractivity contribution in [3.63, 3.8) is 0 Å². The Bertz CT molecular complexity index is 731. The van der Waals surface area contributed by atoms with E-state index in [4.69, 9.17) is 9.47 Å². The number of quaternary nitrogens is 1. The molecule has 7 heteroatoms. The number of pyridine rings is 1. The number of piperazine rings is 1. The largest absolute Gasteiger partial charge is 0.497 e. The molecule has 0 spiro atoms. The topological polar surface area (TPSA) is 69.4 Å². The lowest BCUT2D eigenvalue weighted by molar-refractivity contribution is -0.892. The van der Waals surface area contributed by atoms with Gasteiger partial charge in [-0.2, -0.15) is 0 Å². The first-order valence-electron chi connectivity index (χ1n) is 8.76. The highest BCUT2D eigenvalue weighted by atomic mass is 16.5. The Balaban J connectivity index is 1.52. The third kappa shape index (κ3) is 4.43. The fourth-order valence-corrected chi connectivity index (χ4v) is 3.14. The second kappa shape index (κ2) is 8.53. The van der Waals surface area contributed by atoms with E-state index in [-0.39, 0.29) is 5.91 Å². The zero-order valence-electron chi connectivity index (χ0n) is 15.2. The van der Waals surface area contributed by atoms with Crippen molar-refractivity contribution in [2.24, 2.45) is 0 Å². The summed E-state index contributed by atoms with van der Waals surface area (Å²) in [5, 5.41) is 2.94. The highest BCUT2D eigenvalue weighted by molar-refractivity contribution is 5.93. The second-order valence-electron chi connectivity index (χ2n) is 6.28. The maximum Gasteiger partial charge on any atom is 0.279 e. The average molecular weight is 358 g/mol. The van der Waals surface area contributed by atoms with Gasteiger partial charge in [-0.1, -0.05) is 6.07 Å². The number of nitrogens with one attached hydrogen (secondary N) is 3. The molecule has 1 aromatic carbocycles. The fourth-order valence-electron chi connectivity index (χ4n) is 3.14. The normalized spacial score (nSPS) is 14.8. The molecule has 3 rings (SSSR count). The van der Waals surface area contributed by atoms with E-state index < -0.39 is 0 Å². The Kier molecular flexibility index (Phi) is 5.91. The standard InChI is InChI=1S/C19H24N4O3/c1-25-15-6-7-16(17(13-15)26-2)21-19(24)14-22-9-11-23(12-10-22)18-5-3-4-8-20-18/h3-8,13H,9-12,14H2,1-2H3,(H,21,24)/p+2. The summed E-state index contributed by atoms with van der Waals surface area (Å²) in [6, 6.07) is 11.4. The molecular formula is C19H26N4O3+2. The summed E-state index contributed by atoms with van der Waals surface area (Å²) in [5.41, 5.74) is 0.662. The average Bonchev–Trinajstić information content (AvgIpc) is 2.69. The van der Waals surface area contributed by atoms with Crippen molar-refractivity contribution in [1.82, 2.24) is 0 Å². The van der Waals surface area contributed by atoms with Crippen LogP contribution >= 0.6 is 0 Å². The van der Waals surface area contributed by atoms with Crippen LogP contribution in [0, 0.1) is 0 Å². The van der Waals surface area contributed by atoms with Crippen molar-refractivity contribution in [2.45, 2.75) is 0 Å². The molecule has 1 aliphatic rings. The Morgan fingerprint density at radius 2 is 2.00 bits per heavy atom. The van der Waals surface area contributed by atoms with Crippen molar-refractivity contribution in [2.75, 3.05) is 57.2 Å². The third-order valence-corrected chi connectivity index (χ3v) is 4.60. The minimum absolute atomic E-state index is 0.0109. The van der Waals surface area contributed by atoms with Gasteiger partial charge in [0, 0.05) is 12.1 Å². The van der Waals surface area contributed by atoms with Gasteiger partial charge in [-0.25, -0.2) is 4.98 Å². The Labute approximate surface area is 153 Å². The maximum atomic E-state index is 12.4. The number of hydrogen-bond donors (Lipinski definition) is 2. The van der Waals surface area contributed by atoms with Gasteiger partial charge in [0.2, 0.25) is 0 Å². The van der Waals surface area contributed by atoms with Crippen LogP contribution in [0.2, 0.25) is 0 Å². The molecule has 1 fully saturated rings. The van der Waals surface area contributed by atoms with Gasteiger partial charge in [0.25, 0.3) is 11.7 Å². The second-order valence-corrected chi connectivity index (χ2v) is 6.28. The molecular weight excluding hydrogens is 332 g/mol. The van der Waals surface area contributed by atoms with E-state index in [0.717, 1.165) is 32.0 Å². The van der Waals surface area contributed by atoms with Crippen LogP contribution in [-0.2, 0) is 4.79 Å². The first-order chi connectivity index (χ1) is 12.7. The molecule has 7 nitrogen and oxygen atoms in total. The van der Waals surface area contributed by atoms with Crippen molar-refractivity contribution >= 4 is 17.4 Å². The molecule has 0 atom stereocenters. The van der Waals surface area contributed by atoms with Crippen LogP contribution in [0.15, 0.2) is 42.6 Å². The van der Waals surface area contributed by atoms with Crippen LogP contribution in [0.5, 0.6) is 11.5 Å². The summed E-state index contributed by atoms with van der Waals surface area (Å²) < 4.78 is 10.5. The number of rotatable bonds is 6. The summed E-state index contributed by atoms with van der Waals surface area (Å²) in [7, 11) is 3.18. The van der Waals surface area contributed by atoms with Gasteiger partial charge in [0.1, 0.15) is 37.7 Å². The molecule has 1 amide bonds. The summed E-state index contributed by atoms with van der Waals surface area (Å²) in [5.74, 6) is 2.40. The predicted octanol–water partition coefficient (Wildman–Crippen LogP) is -0.138. The number of nitrogens with zero attached hydrogens (tertiary/aromatic N) is 1. The number of amides is 1. The van der Waals surface area contributed by atoms with E-state index >= 15 is 0 Å². The number of methoxy groups -OCH3 is 2. The molecule has 2 aromatic rings. The van der Waals surface area contributed by atoms with Crippen LogP contribution in [0.4, 0.5) is 11.5 Å². The van der Waals surface area contributed by atoms with Crippen LogP contribution in [-0.4, -0.2) is 52.9 Å². The molecule has 0 saturated carbocycles. The van der Waals surface area contributed by atoms with Crippen molar-refractivity contribution < 1.29 is 24.2 Å². The van der Waals surface area contributed by atoms with Crippen molar-refractivity contribution in [1.29, 1.82) is 0 Å². The van der Waals surface area contributed by atoms with Gasteiger partial charge < -0.3 is 19.7 Å². The van der Waals surface area contributed by atoms with Crippen LogP contribution in [0.3, 0.4) is 0 Å². The third-order valence-electron chi connectivity index (χ3n) is 4.60. The number of carbonyl (C=O) groups is 1. The molecule has 0 unspecified atom stereocenters. The molecule has 2 heterocycles. The summed E-state index contributed by atoms with van der Waals surface area (Å²) >= 11 is 0. The van der Waals surface area contributed by atoms with Gasteiger partial charge >= 0.3 is 0 Å². The minimum Gasteiger partial charge on any atom is -0.497 e. The molecule has 138 valence electrons. The SMILES string of the molecule is COc1ccc(NC(=O)C[NH+]2CCN(c3cccc[nH+]3)CC2)c(OC)c1. The fraction of sp³-hybridized carbons (Fsp3) is 0.368. The van der Waals surface area contributed by atoms with E-state index in [0.29, 0.717) is 23.7 Å². The minimum atomic E-state index is -0.0109. The number of carbonyl (C=O) groups excluding carboxylic acids is 1. The van der Waals surface area contributed by atoms with Gasteiger partial charge in [0.15, 0.2) is 6.54 Å². The summed E-state index contributed by atoms with van der Waals surface area (Å²) in [6.07, 6.45) is 1.93. The molecule has 26 heavy (non-hydrogen) atoms. The number of hydrogen-bond acceptors (Lipinski definition) is 4. The lowest BCUT2D eigenvalue weighted by atomic mass is 10.2. The van der Waals surface area contributed by atoms with Gasteiger partial charge in [-0.3, -0.25) is 9.69 Å². The number of aromatic nitrogens is 1. The van der Waals surface area contributed by atoms with Gasteiger partial charge in [0.05, 0.1) is 26.1 Å². The van der Waals surface area contributed by atoms with E-state index in [1.165, 1.54) is 4.90 Å². The predicted molar refractivity (Wildman–Crippen MR) is 99.0 cm³/mol. The zero-order valence-corrected chi connectivity index (χ0v) is 15.2. The first kappa shape index (κ1) is 18.0. The number of anilines is 2. The van der Waals surface area contributed by atoms with E-state index in [9.17, 15) is 4.79 Å². The van der Waals surface area contributed by atoms with E-state index in [1.807, 2.05) is 18.3 Å². The molecule has 0 radical (unpaired) electrons. The van der Waals surface area contributed by atoms with Crippen LogP contribution < -0.4 is 29.6 Å². The number of H-pyrrole nitrogens is 1. The van der Waals surface area contributed by atoms with Crippen molar-refractivity contribution in [3.05, 3.63) is 42.6 Å².